The minimum atomic E-state index is -0.269. The van der Waals surface area contributed by atoms with Crippen LogP contribution in [0.5, 0.6) is 0 Å². The van der Waals surface area contributed by atoms with Gasteiger partial charge in [0.2, 0.25) is 5.91 Å². The number of thiophene rings is 1. The maximum atomic E-state index is 12.7. The van der Waals surface area contributed by atoms with Crippen LogP contribution in [-0.4, -0.2) is 53.6 Å². The first-order valence-electron chi connectivity index (χ1n) is 10.5. The standard InChI is InChI=1S/C21H27N5O2S/c22-19-13-24-16(12-25-19)18-10-15-17(29-18)2-8-28-21(15)3-6-26(7-4-21)20(27)9-14-1-5-23-11-14/h10,12-14,23H,1-9,11H2,(H2,22,25). The number of amides is 1. The van der Waals surface area contributed by atoms with Crippen molar-refractivity contribution < 1.29 is 9.53 Å². The quantitative estimate of drug-likeness (QED) is 0.801. The Labute approximate surface area is 174 Å². The first kappa shape index (κ1) is 19.0. The van der Waals surface area contributed by atoms with Crippen molar-refractivity contribution in [1.82, 2.24) is 20.2 Å². The highest BCUT2D eigenvalue weighted by atomic mass is 32.1. The molecule has 0 aromatic carbocycles. The van der Waals surface area contributed by atoms with Crippen LogP contribution in [0.15, 0.2) is 18.5 Å². The van der Waals surface area contributed by atoms with E-state index in [1.54, 1.807) is 23.7 Å². The summed E-state index contributed by atoms with van der Waals surface area (Å²) in [5, 5.41) is 3.35. The van der Waals surface area contributed by atoms with Gasteiger partial charge in [-0.15, -0.1) is 11.3 Å². The number of anilines is 1. The molecule has 0 bridgehead atoms. The van der Waals surface area contributed by atoms with Gasteiger partial charge in [-0.05, 0) is 49.9 Å². The average Bonchev–Trinajstić information content (AvgIpc) is 3.40. The van der Waals surface area contributed by atoms with Crippen molar-refractivity contribution in [2.75, 3.05) is 38.5 Å². The molecule has 1 atom stereocenters. The van der Waals surface area contributed by atoms with E-state index in [-0.39, 0.29) is 5.60 Å². The summed E-state index contributed by atoms with van der Waals surface area (Å²) in [7, 11) is 0. The zero-order valence-electron chi connectivity index (χ0n) is 16.5. The van der Waals surface area contributed by atoms with Crippen molar-refractivity contribution in [2.24, 2.45) is 5.92 Å². The Kier molecular flexibility index (Phi) is 5.01. The molecule has 8 heteroatoms. The number of likely N-dealkylation sites (tertiary alicyclic amines) is 1. The monoisotopic (exact) mass is 413 g/mol. The van der Waals surface area contributed by atoms with Crippen molar-refractivity contribution in [1.29, 1.82) is 0 Å². The molecule has 3 aliphatic heterocycles. The number of nitrogens with one attached hydrogen (secondary N) is 1. The molecule has 29 heavy (non-hydrogen) atoms. The average molecular weight is 414 g/mol. The van der Waals surface area contributed by atoms with Crippen LogP contribution in [0, 0.1) is 5.92 Å². The number of nitrogens with zero attached hydrogens (tertiary/aromatic N) is 3. The highest BCUT2D eigenvalue weighted by Gasteiger charge is 2.43. The lowest BCUT2D eigenvalue weighted by Gasteiger charge is -2.44. The van der Waals surface area contributed by atoms with Gasteiger partial charge in [-0.1, -0.05) is 0 Å². The van der Waals surface area contributed by atoms with Crippen molar-refractivity contribution >= 4 is 23.1 Å². The molecule has 2 aromatic rings. The molecule has 2 saturated heterocycles. The molecule has 1 amide bonds. The summed E-state index contributed by atoms with van der Waals surface area (Å²) in [5.74, 6) is 1.23. The first-order chi connectivity index (χ1) is 14.1. The molecule has 5 heterocycles. The molecule has 0 aliphatic carbocycles. The zero-order valence-corrected chi connectivity index (χ0v) is 17.3. The van der Waals surface area contributed by atoms with Crippen molar-refractivity contribution in [3.8, 4) is 10.6 Å². The van der Waals surface area contributed by atoms with Gasteiger partial charge < -0.3 is 20.7 Å². The summed E-state index contributed by atoms with van der Waals surface area (Å²) in [5.41, 5.74) is 7.55. The molecule has 0 saturated carbocycles. The summed E-state index contributed by atoms with van der Waals surface area (Å²) in [6, 6.07) is 2.22. The zero-order chi connectivity index (χ0) is 19.8. The van der Waals surface area contributed by atoms with E-state index in [0.717, 1.165) is 69.0 Å². The Morgan fingerprint density at radius 2 is 2.21 bits per heavy atom. The van der Waals surface area contributed by atoms with Crippen LogP contribution in [0.1, 0.15) is 36.1 Å². The Morgan fingerprint density at radius 3 is 2.93 bits per heavy atom. The van der Waals surface area contributed by atoms with E-state index in [1.165, 1.54) is 10.4 Å². The van der Waals surface area contributed by atoms with Gasteiger partial charge in [0.25, 0.3) is 0 Å². The second-order valence-electron chi connectivity index (χ2n) is 8.31. The van der Waals surface area contributed by atoms with Crippen LogP contribution >= 0.6 is 11.3 Å². The fourth-order valence-corrected chi connectivity index (χ4v) is 6.00. The maximum Gasteiger partial charge on any atom is 0.222 e. The van der Waals surface area contributed by atoms with Gasteiger partial charge in [0, 0.05) is 30.8 Å². The predicted octanol–water partition coefficient (Wildman–Crippen LogP) is 2.18. The van der Waals surface area contributed by atoms with Gasteiger partial charge >= 0.3 is 0 Å². The molecule has 2 aromatic heterocycles. The van der Waals surface area contributed by atoms with E-state index in [0.29, 0.717) is 24.1 Å². The smallest absolute Gasteiger partial charge is 0.222 e. The summed E-state index contributed by atoms with van der Waals surface area (Å²) in [6.45, 7) is 4.29. The molecule has 3 N–H and O–H groups in total. The Balaban J connectivity index is 1.31. The Hall–Kier alpha value is -2.03. The summed E-state index contributed by atoms with van der Waals surface area (Å²) in [6.07, 6.45) is 7.77. The normalized spacial score (nSPS) is 23.3. The van der Waals surface area contributed by atoms with E-state index in [4.69, 9.17) is 10.5 Å². The van der Waals surface area contributed by atoms with Crippen LogP contribution < -0.4 is 11.1 Å². The van der Waals surface area contributed by atoms with E-state index in [9.17, 15) is 4.79 Å². The molecule has 7 nitrogen and oxygen atoms in total. The van der Waals surface area contributed by atoms with Crippen LogP contribution in [0.4, 0.5) is 5.82 Å². The van der Waals surface area contributed by atoms with Crippen LogP contribution in [0.25, 0.3) is 10.6 Å². The molecule has 3 aliphatic rings. The molecule has 1 unspecified atom stereocenters. The number of nitrogens with two attached hydrogens (primary N) is 1. The van der Waals surface area contributed by atoms with Gasteiger partial charge in [0.1, 0.15) is 5.82 Å². The minimum Gasteiger partial charge on any atom is -0.382 e. The molecule has 5 rings (SSSR count). The number of ether oxygens (including phenoxy) is 1. The number of carbonyl (C=O) groups is 1. The maximum absolute atomic E-state index is 12.7. The van der Waals surface area contributed by atoms with Gasteiger partial charge in [0.05, 0.1) is 35.2 Å². The number of carbonyl (C=O) groups excluding carboxylic acids is 1. The lowest BCUT2D eigenvalue weighted by atomic mass is 9.82. The lowest BCUT2D eigenvalue weighted by molar-refractivity contribution is -0.141. The molecule has 154 valence electrons. The first-order valence-corrected chi connectivity index (χ1v) is 11.3. The third kappa shape index (κ3) is 3.65. The van der Waals surface area contributed by atoms with Gasteiger partial charge in [-0.25, -0.2) is 9.97 Å². The number of hydrogen-bond acceptors (Lipinski definition) is 7. The predicted molar refractivity (Wildman–Crippen MR) is 112 cm³/mol. The summed E-state index contributed by atoms with van der Waals surface area (Å²) in [4.78, 5) is 25.9. The molecular formula is C21H27N5O2S. The fourth-order valence-electron chi connectivity index (χ4n) is 4.80. The summed E-state index contributed by atoms with van der Waals surface area (Å²) >= 11 is 1.78. The van der Waals surface area contributed by atoms with Crippen molar-refractivity contribution in [3.05, 3.63) is 28.9 Å². The number of fused-ring (bicyclic) bond motifs is 2. The molecule has 0 radical (unpaired) electrons. The SMILES string of the molecule is Nc1cnc(-c2cc3c(s2)CCOC32CCN(C(=O)CC3CCNC3)CC2)cn1. The van der Waals surface area contributed by atoms with Gasteiger partial charge in [0.15, 0.2) is 0 Å². The number of piperidine rings is 1. The number of rotatable bonds is 3. The van der Waals surface area contributed by atoms with Crippen molar-refractivity contribution in [2.45, 2.75) is 37.7 Å². The number of hydrogen-bond donors (Lipinski definition) is 2. The van der Waals surface area contributed by atoms with Gasteiger partial charge in [-0.2, -0.15) is 0 Å². The summed E-state index contributed by atoms with van der Waals surface area (Å²) < 4.78 is 6.37. The Morgan fingerprint density at radius 1 is 1.34 bits per heavy atom. The largest absolute Gasteiger partial charge is 0.382 e. The number of aromatic nitrogens is 2. The van der Waals surface area contributed by atoms with Crippen molar-refractivity contribution in [3.63, 3.8) is 0 Å². The van der Waals surface area contributed by atoms with Crippen LogP contribution in [-0.2, 0) is 21.6 Å². The third-order valence-corrected chi connectivity index (χ3v) is 7.70. The lowest BCUT2D eigenvalue weighted by Crippen LogP contribution is -2.48. The topological polar surface area (TPSA) is 93.4 Å². The van der Waals surface area contributed by atoms with E-state index < -0.39 is 0 Å². The number of nitrogen functional groups attached to an aromatic ring is 1. The minimum absolute atomic E-state index is 0.269. The van der Waals surface area contributed by atoms with Crippen LogP contribution in [0.3, 0.4) is 0 Å². The third-order valence-electron chi connectivity index (χ3n) is 6.48. The fraction of sp³-hybridized carbons (Fsp3) is 0.571. The second kappa shape index (κ2) is 7.66. The van der Waals surface area contributed by atoms with Crippen LogP contribution in [0.2, 0.25) is 0 Å². The highest BCUT2D eigenvalue weighted by molar-refractivity contribution is 7.15. The van der Waals surface area contributed by atoms with E-state index >= 15 is 0 Å². The van der Waals surface area contributed by atoms with Gasteiger partial charge in [-0.3, -0.25) is 4.79 Å². The molecular weight excluding hydrogens is 386 g/mol. The highest BCUT2D eigenvalue weighted by Crippen LogP contribution is 2.46. The Bertz CT molecular complexity index is 883. The molecule has 2 fully saturated rings. The molecule has 1 spiro atoms. The second-order valence-corrected chi connectivity index (χ2v) is 9.45. The van der Waals surface area contributed by atoms with E-state index in [1.807, 2.05) is 4.90 Å². The van der Waals surface area contributed by atoms with E-state index in [2.05, 4.69) is 21.4 Å².